The Morgan fingerprint density at radius 3 is 2.97 bits per heavy atom. The molecule has 0 spiro atoms. The van der Waals surface area contributed by atoms with Gasteiger partial charge < -0.3 is 10.3 Å². The van der Waals surface area contributed by atoms with Crippen molar-refractivity contribution in [2.24, 2.45) is 13.0 Å². The fraction of sp³-hybridized carbons (Fsp3) is 0.476. The van der Waals surface area contributed by atoms with Crippen LogP contribution in [0.1, 0.15) is 30.1 Å². The van der Waals surface area contributed by atoms with Crippen molar-refractivity contribution in [2.45, 2.75) is 33.1 Å². The molecule has 3 aromatic rings. The molecule has 1 aromatic carbocycles. The molecule has 29 heavy (non-hydrogen) atoms. The van der Waals surface area contributed by atoms with Crippen molar-refractivity contribution in [1.29, 1.82) is 0 Å². The minimum Gasteiger partial charge on any atom is -0.342 e. The number of aromatic nitrogens is 4. The highest BCUT2D eigenvalue weighted by Gasteiger charge is 2.23. The minimum absolute atomic E-state index is 0.0101. The number of rotatable bonds is 5. The number of imidazole rings is 1. The zero-order valence-electron chi connectivity index (χ0n) is 17.1. The quantitative estimate of drug-likeness (QED) is 0.693. The second kappa shape index (κ2) is 7.94. The number of fused-ring (bicyclic) bond motifs is 1. The smallest absolute Gasteiger partial charge is 0.238 e. The van der Waals surface area contributed by atoms with Crippen LogP contribution in [0.2, 0.25) is 0 Å². The maximum absolute atomic E-state index is 13.4. The van der Waals surface area contributed by atoms with Crippen LogP contribution in [0.4, 0.5) is 10.1 Å². The average molecular weight is 398 g/mol. The van der Waals surface area contributed by atoms with Crippen molar-refractivity contribution < 1.29 is 9.18 Å². The first-order valence-electron chi connectivity index (χ1n) is 10.1. The van der Waals surface area contributed by atoms with Crippen molar-refractivity contribution in [3.8, 4) is 0 Å². The van der Waals surface area contributed by atoms with Gasteiger partial charge in [0.2, 0.25) is 5.91 Å². The average Bonchev–Trinajstić information content (AvgIpc) is 3.16. The van der Waals surface area contributed by atoms with Gasteiger partial charge in [-0.25, -0.2) is 9.37 Å². The Balaban J connectivity index is 1.35. The number of carbonyl (C=O) groups excluding carboxylic acids is 1. The SMILES string of the molecule is Cc1nn(C)c(C)c1NC(=O)CN1CCC[C@@H](Cc2nc3ccc(F)cc3[nH]2)C1. The lowest BCUT2D eigenvalue weighted by atomic mass is 9.94. The van der Waals surface area contributed by atoms with E-state index in [1.54, 1.807) is 10.7 Å². The largest absolute Gasteiger partial charge is 0.342 e. The van der Waals surface area contributed by atoms with E-state index in [1.165, 1.54) is 12.1 Å². The lowest BCUT2D eigenvalue weighted by molar-refractivity contribution is -0.117. The van der Waals surface area contributed by atoms with Gasteiger partial charge >= 0.3 is 0 Å². The lowest BCUT2D eigenvalue weighted by Crippen LogP contribution is -2.41. The minimum atomic E-state index is -0.262. The Morgan fingerprint density at radius 1 is 1.38 bits per heavy atom. The number of H-pyrrole nitrogens is 1. The molecule has 2 aromatic heterocycles. The topological polar surface area (TPSA) is 78.8 Å². The maximum atomic E-state index is 13.4. The molecule has 0 radical (unpaired) electrons. The highest BCUT2D eigenvalue weighted by molar-refractivity contribution is 5.93. The van der Waals surface area contributed by atoms with Crippen LogP contribution in [-0.2, 0) is 18.3 Å². The number of hydrogen-bond acceptors (Lipinski definition) is 4. The first-order valence-corrected chi connectivity index (χ1v) is 10.1. The molecule has 2 N–H and O–H groups in total. The normalized spacial score (nSPS) is 17.7. The summed E-state index contributed by atoms with van der Waals surface area (Å²) >= 11 is 0. The summed E-state index contributed by atoms with van der Waals surface area (Å²) in [7, 11) is 1.87. The van der Waals surface area contributed by atoms with E-state index in [2.05, 4.69) is 25.3 Å². The van der Waals surface area contributed by atoms with Gasteiger partial charge in [-0.05, 0) is 57.4 Å². The summed E-state index contributed by atoms with van der Waals surface area (Å²) in [5.41, 5.74) is 4.11. The molecule has 3 heterocycles. The van der Waals surface area contributed by atoms with E-state index >= 15 is 0 Å². The van der Waals surface area contributed by atoms with Crippen LogP contribution in [0.3, 0.4) is 0 Å². The van der Waals surface area contributed by atoms with E-state index in [0.29, 0.717) is 12.5 Å². The summed E-state index contributed by atoms with van der Waals surface area (Å²) in [4.78, 5) is 22.6. The van der Waals surface area contributed by atoms with Crippen molar-refractivity contribution in [3.63, 3.8) is 0 Å². The summed E-state index contributed by atoms with van der Waals surface area (Å²) < 4.78 is 15.2. The van der Waals surface area contributed by atoms with Crippen LogP contribution in [0, 0.1) is 25.6 Å². The van der Waals surface area contributed by atoms with Gasteiger partial charge in [0.25, 0.3) is 0 Å². The van der Waals surface area contributed by atoms with Crippen LogP contribution in [0.15, 0.2) is 18.2 Å². The molecule has 0 bridgehead atoms. The van der Waals surface area contributed by atoms with E-state index in [4.69, 9.17) is 0 Å². The molecule has 1 aliphatic heterocycles. The molecule has 0 aliphatic carbocycles. The molecular formula is C21H27FN6O. The van der Waals surface area contributed by atoms with Gasteiger partial charge in [-0.2, -0.15) is 5.10 Å². The maximum Gasteiger partial charge on any atom is 0.238 e. The number of halogens is 1. The van der Waals surface area contributed by atoms with Crippen molar-refractivity contribution >= 4 is 22.6 Å². The zero-order chi connectivity index (χ0) is 20.5. The van der Waals surface area contributed by atoms with E-state index in [0.717, 1.165) is 66.3 Å². The van der Waals surface area contributed by atoms with Crippen LogP contribution in [0.25, 0.3) is 11.0 Å². The number of aryl methyl sites for hydroxylation is 2. The van der Waals surface area contributed by atoms with Crippen LogP contribution >= 0.6 is 0 Å². The number of nitrogens with one attached hydrogen (secondary N) is 2. The number of aromatic amines is 1. The molecule has 0 unspecified atom stereocenters. The molecule has 1 amide bonds. The summed E-state index contributed by atoms with van der Waals surface area (Å²) in [6, 6.07) is 4.61. The third kappa shape index (κ3) is 4.32. The molecule has 1 atom stereocenters. The molecule has 1 saturated heterocycles. The molecular weight excluding hydrogens is 371 g/mol. The summed E-state index contributed by atoms with van der Waals surface area (Å²) in [5.74, 6) is 1.03. The predicted molar refractivity (Wildman–Crippen MR) is 110 cm³/mol. The third-order valence-corrected chi connectivity index (χ3v) is 5.72. The summed E-state index contributed by atoms with van der Waals surface area (Å²) in [6.07, 6.45) is 2.96. The first kappa shape index (κ1) is 19.6. The summed E-state index contributed by atoms with van der Waals surface area (Å²) in [5, 5.41) is 7.36. The Hall–Kier alpha value is -2.74. The Morgan fingerprint density at radius 2 is 2.21 bits per heavy atom. The number of likely N-dealkylation sites (tertiary alicyclic amines) is 1. The second-order valence-corrected chi connectivity index (χ2v) is 8.01. The molecule has 4 rings (SSSR count). The monoisotopic (exact) mass is 398 g/mol. The van der Waals surface area contributed by atoms with E-state index in [9.17, 15) is 9.18 Å². The number of piperidine rings is 1. The lowest BCUT2D eigenvalue weighted by Gasteiger charge is -2.31. The molecule has 8 heteroatoms. The molecule has 7 nitrogen and oxygen atoms in total. The summed E-state index contributed by atoms with van der Waals surface area (Å²) in [6.45, 7) is 5.99. The van der Waals surface area contributed by atoms with Crippen LogP contribution in [0.5, 0.6) is 0 Å². The van der Waals surface area contributed by atoms with Gasteiger partial charge in [-0.3, -0.25) is 14.4 Å². The molecule has 1 aliphatic rings. The number of nitrogens with zero attached hydrogens (tertiary/aromatic N) is 4. The second-order valence-electron chi connectivity index (χ2n) is 8.01. The van der Waals surface area contributed by atoms with E-state index in [-0.39, 0.29) is 11.7 Å². The van der Waals surface area contributed by atoms with Gasteiger partial charge in [-0.1, -0.05) is 0 Å². The van der Waals surface area contributed by atoms with Crippen LogP contribution < -0.4 is 5.32 Å². The highest BCUT2D eigenvalue weighted by Crippen LogP contribution is 2.22. The van der Waals surface area contributed by atoms with Crippen molar-refractivity contribution in [2.75, 3.05) is 25.0 Å². The predicted octanol–water partition coefficient (Wildman–Crippen LogP) is 2.95. The number of anilines is 1. The fourth-order valence-corrected chi connectivity index (χ4v) is 4.20. The fourth-order valence-electron chi connectivity index (χ4n) is 4.20. The van der Waals surface area contributed by atoms with Gasteiger partial charge in [0.15, 0.2) is 0 Å². The molecule has 154 valence electrons. The number of carbonyl (C=O) groups is 1. The Kier molecular flexibility index (Phi) is 5.36. The zero-order valence-corrected chi connectivity index (χ0v) is 17.1. The van der Waals surface area contributed by atoms with Gasteiger partial charge in [0, 0.05) is 20.0 Å². The van der Waals surface area contributed by atoms with E-state index < -0.39 is 0 Å². The Bertz CT molecular complexity index is 1040. The Labute approximate surface area is 169 Å². The number of hydrogen-bond donors (Lipinski definition) is 2. The molecule has 0 saturated carbocycles. The first-order chi connectivity index (χ1) is 13.9. The standard InChI is InChI=1S/C21H27FN6O/c1-13-21(14(2)27(3)26-13)25-20(29)12-28-8-4-5-15(11-28)9-19-23-17-7-6-16(22)10-18(17)24-19/h6-7,10,15H,4-5,8-9,11-12H2,1-3H3,(H,23,24)(H,25,29)/t15-/m0/s1. The highest BCUT2D eigenvalue weighted by atomic mass is 19.1. The van der Waals surface area contributed by atoms with Gasteiger partial charge in [0.05, 0.1) is 34.7 Å². The number of amides is 1. The van der Waals surface area contributed by atoms with Gasteiger partial charge in [0.1, 0.15) is 11.6 Å². The third-order valence-electron chi connectivity index (χ3n) is 5.72. The van der Waals surface area contributed by atoms with Crippen LogP contribution in [-0.4, -0.2) is 50.2 Å². The molecule has 1 fully saturated rings. The number of benzene rings is 1. The van der Waals surface area contributed by atoms with Crippen molar-refractivity contribution in [1.82, 2.24) is 24.6 Å². The van der Waals surface area contributed by atoms with Crippen molar-refractivity contribution in [3.05, 3.63) is 41.2 Å². The van der Waals surface area contributed by atoms with Gasteiger partial charge in [-0.15, -0.1) is 0 Å². The van der Waals surface area contributed by atoms with E-state index in [1.807, 2.05) is 20.9 Å².